The molecule has 5 rings (SSSR count). The van der Waals surface area contributed by atoms with Crippen LogP contribution in [0.3, 0.4) is 0 Å². The SMILES string of the molecule is COc1cccc2c1C(=O)c1c(O)c3c(c(O)c1C2=O)C[C@](O)([C@H](C)O)C[C@@H]3O[C@@H]1C[C@H](NC(C)=O)[C@H](O)[C@H](C)O1. The molecule has 0 radical (unpaired) electrons. The minimum atomic E-state index is -1.85. The van der Waals surface area contributed by atoms with E-state index in [4.69, 9.17) is 14.2 Å². The fourth-order valence-corrected chi connectivity index (χ4v) is 6.11. The number of ketones is 2. The number of carbonyl (C=O) groups is 3. The molecule has 41 heavy (non-hydrogen) atoms. The predicted octanol–water partition coefficient (Wildman–Crippen LogP) is 0.998. The summed E-state index contributed by atoms with van der Waals surface area (Å²) in [4.78, 5) is 39.0. The van der Waals surface area contributed by atoms with Gasteiger partial charge in [0.2, 0.25) is 11.7 Å². The third kappa shape index (κ3) is 4.65. The number of aromatic hydroxyl groups is 2. The maximum atomic E-state index is 13.7. The van der Waals surface area contributed by atoms with Gasteiger partial charge in [-0.2, -0.15) is 0 Å². The third-order valence-electron chi connectivity index (χ3n) is 8.29. The molecule has 7 atom stereocenters. The second kappa shape index (κ2) is 10.4. The maximum absolute atomic E-state index is 13.7. The molecule has 0 spiro atoms. The van der Waals surface area contributed by atoms with Gasteiger partial charge in [0.25, 0.3) is 0 Å². The molecular formula is C29H33NO11. The van der Waals surface area contributed by atoms with Crippen molar-refractivity contribution in [1.82, 2.24) is 5.32 Å². The highest BCUT2D eigenvalue weighted by molar-refractivity contribution is 6.31. The Morgan fingerprint density at radius 2 is 1.83 bits per heavy atom. The Hall–Kier alpha value is -3.55. The Kier molecular flexibility index (Phi) is 7.33. The quantitative estimate of drug-likeness (QED) is 0.239. The van der Waals surface area contributed by atoms with Crippen molar-refractivity contribution < 1.29 is 54.1 Å². The standard InChI is InChI=1S/C29H33NO11/c1-11-24(33)16(30-13(3)32)8-19(40-11)41-18-10-29(38,12(2)31)9-15-21(18)28(37)23-22(26(15)35)25(34)14-6-5-7-17(39-4)20(14)27(23)36/h5-7,11-12,16,18-19,24,31,33,35,37-38H,8-10H2,1-4H3,(H,30,32)/t11-,12-,16-,18-,19+,24+,29+/m0/s1. The minimum Gasteiger partial charge on any atom is -0.507 e. The molecule has 6 N–H and O–H groups in total. The van der Waals surface area contributed by atoms with Gasteiger partial charge >= 0.3 is 0 Å². The molecule has 1 fully saturated rings. The number of benzene rings is 2. The van der Waals surface area contributed by atoms with Crippen molar-refractivity contribution in [3.63, 3.8) is 0 Å². The van der Waals surface area contributed by atoms with Gasteiger partial charge in [0.1, 0.15) is 23.4 Å². The summed E-state index contributed by atoms with van der Waals surface area (Å²) in [5, 5.41) is 58.0. The molecule has 1 aliphatic heterocycles. The van der Waals surface area contributed by atoms with E-state index in [9.17, 15) is 39.9 Å². The Morgan fingerprint density at radius 1 is 1.15 bits per heavy atom. The van der Waals surface area contributed by atoms with E-state index in [-0.39, 0.29) is 53.2 Å². The molecule has 0 unspecified atom stereocenters. The van der Waals surface area contributed by atoms with E-state index >= 15 is 0 Å². The van der Waals surface area contributed by atoms with Crippen molar-refractivity contribution in [2.75, 3.05) is 7.11 Å². The van der Waals surface area contributed by atoms with Gasteiger partial charge in [-0.3, -0.25) is 14.4 Å². The number of aliphatic hydroxyl groups is 3. The fourth-order valence-electron chi connectivity index (χ4n) is 6.11. The summed E-state index contributed by atoms with van der Waals surface area (Å²) in [6, 6.07) is 3.71. The summed E-state index contributed by atoms with van der Waals surface area (Å²) < 4.78 is 17.3. The van der Waals surface area contributed by atoms with Crippen molar-refractivity contribution >= 4 is 17.5 Å². The normalized spacial score (nSPS) is 29.7. The van der Waals surface area contributed by atoms with Crippen molar-refractivity contribution in [3.05, 3.63) is 51.6 Å². The molecule has 1 amide bonds. The number of phenolic OH excluding ortho intramolecular Hbond substituents is 2. The Balaban J connectivity index is 1.64. The first-order chi connectivity index (χ1) is 19.3. The van der Waals surface area contributed by atoms with Crippen LogP contribution >= 0.6 is 0 Å². The molecule has 1 heterocycles. The van der Waals surface area contributed by atoms with E-state index in [1.807, 2.05) is 0 Å². The number of nitrogens with one attached hydrogen (secondary N) is 1. The molecule has 0 bridgehead atoms. The van der Waals surface area contributed by atoms with Crippen LogP contribution in [0.1, 0.15) is 82.7 Å². The van der Waals surface area contributed by atoms with Crippen LogP contribution in [0.25, 0.3) is 0 Å². The van der Waals surface area contributed by atoms with Gasteiger partial charge in [-0.1, -0.05) is 12.1 Å². The molecule has 2 aliphatic carbocycles. The summed E-state index contributed by atoms with van der Waals surface area (Å²) in [7, 11) is 1.34. The number of phenols is 2. The summed E-state index contributed by atoms with van der Waals surface area (Å²) in [5.74, 6) is -2.94. The number of ether oxygens (including phenoxy) is 3. The highest BCUT2D eigenvalue weighted by Crippen LogP contribution is 2.52. The average Bonchev–Trinajstić information content (AvgIpc) is 2.91. The highest BCUT2D eigenvalue weighted by atomic mass is 16.7. The lowest BCUT2D eigenvalue weighted by Crippen LogP contribution is -2.55. The van der Waals surface area contributed by atoms with Crippen molar-refractivity contribution in [3.8, 4) is 17.2 Å². The predicted molar refractivity (Wildman–Crippen MR) is 141 cm³/mol. The number of fused-ring (bicyclic) bond motifs is 3. The Bertz CT molecular complexity index is 1440. The van der Waals surface area contributed by atoms with Gasteiger partial charge in [-0.05, 0) is 19.9 Å². The van der Waals surface area contributed by atoms with Crippen LogP contribution in [-0.2, 0) is 20.7 Å². The molecule has 0 saturated carbocycles. The van der Waals surface area contributed by atoms with Crippen molar-refractivity contribution in [2.45, 2.75) is 82.4 Å². The van der Waals surface area contributed by atoms with Gasteiger partial charge in [0.15, 0.2) is 12.1 Å². The molecule has 12 nitrogen and oxygen atoms in total. The summed E-state index contributed by atoms with van der Waals surface area (Å²) in [6.45, 7) is 4.25. The van der Waals surface area contributed by atoms with Crippen LogP contribution < -0.4 is 10.1 Å². The van der Waals surface area contributed by atoms with Crippen LogP contribution in [0.2, 0.25) is 0 Å². The van der Waals surface area contributed by atoms with E-state index in [1.54, 1.807) is 6.92 Å². The average molecular weight is 572 g/mol. The molecule has 1 saturated heterocycles. The maximum Gasteiger partial charge on any atom is 0.217 e. The lowest BCUT2D eigenvalue weighted by atomic mass is 9.71. The van der Waals surface area contributed by atoms with Gasteiger partial charge in [0.05, 0.1) is 53.8 Å². The number of hydrogen-bond acceptors (Lipinski definition) is 11. The Morgan fingerprint density at radius 3 is 2.46 bits per heavy atom. The van der Waals surface area contributed by atoms with E-state index in [2.05, 4.69) is 5.32 Å². The first-order valence-corrected chi connectivity index (χ1v) is 13.3. The zero-order valence-electron chi connectivity index (χ0n) is 23.0. The number of hydrogen-bond donors (Lipinski definition) is 6. The number of methoxy groups -OCH3 is 1. The van der Waals surface area contributed by atoms with Crippen LogP contribution in [0, 0.1) is 0 Å². The molecule has 2 aromatic rings. The topological polar surface area (TPSA) is 192 Å². The van der Waals surface area contributed by atoms with E-state index in [0.29, 0.717) is 0 Å². The molecule has 12 heteroatoms. The molecule has 2 aromatic carbocycles. The van der Waals surface area contributed by atoms with Crippen LogP contribution in [-0.4, -0.2) is 86.4 Å². The first kappa shape index (κ1) is 29.0. The lowest BCUT2D eigenvalue weighted by molar-refractivity contribution is -0.252. The zero-order valence-corrected chi connectivity index (χ0v) is 23.0. The van der Waals surface area contributed by atoms with Crippen molar-refractivity contribution in [2.24, 2.45) is 0 Å². The smallest absolute Gasteiger partial charge is 0.217 e. The van der Waals surface area contributed by atoms with Crippen LogP contribution in [0.4, 0.5) is 0 Å². The molecule has 0 aromatic heterocycles. The molecule has 3 aliphatic rings. The second-order valence-corrected chi connectivity index (χ2v) is 11.0. The van der Waals surface area contributed by atoms with E-state index < -0.39 is 76.5 Å². The first-order valence-electron chi connectivity index (χ1n) is 13.3. The molecule has 220 valence electrons. The largest absolute Gasteiger partial charge is 0.507 e. The summed E-state index contributed by atoms with van der Waals surface area (Å²) in [6.07, 6.45) is -6.03. The van der Waals surface area contributed by atoms with Crippen molar-refractivity contribution in [1.29, 1.82) is 0 Å². The zero-order chi connectivity index (χ0) is 30.0. The van der Waals surface area contributed by atoms with Gasteiger partial charge in [-0.15, -0.1) is 0 Å². The van der Waals surface area contributed by atoms with Crippen LogP contribution in [0.5, 0.6) is 17.2 Å². The minimum absolute atomic E-state index is 0.00367. The summed E-state index contributed by atoms with van der Waals surface area (Å²) in [5.41, 5.74) is -2.87. The summed E-state index contributed by atoms with van der Waals surface area (Å²) >= 11 is 0. The molecular weight excluding hydrogens is 538 g/mol. The fraction of sp³-hybridized carbons (Fsp3) is 0.483. The number of aliphatic hydroxyl groups excluding tert-OH is 2. The third-order valence-corrected chi connectivity index (χ3v) is 8.29. The van der Waals surface area contributed by atoms with Gasteiger partial charge in [0, 0.05) is 42.9 Å². The number of rotatable bonds is 5. The number of amides is 1. The van der Waals surface area contributed by atoms with Crippen LogP contribution in [0.15, 0.2) is 18.2 Å². The van der Waals surface area contributed by atoms with E-state index in [0.717, 1.165) is 0 Å². The lowest BCUT2D eigenvalue weighted by Gasteiger charge is -2.44. The van der Waals surface area contributed by atoms with Gasteiger partial charge in [-0.25, -0.2) is 0 Å². The number of carbonyl (C=O) groups excluding carboxylic acids is 3. The Labute approximate surface area is 235 Å². The second-order valence-electron chi connectivity index (χ2n) is 11.0. The van der Waals surface area contributed by atoms with Gasteiger partial charge < -0.3 is 45.1 Å². The van der Waals surface area contributed by atoms with E-state index in [1.165, 1.54) is 39.2 Å². The monoisotopic (exact) mass is 571 g/mol. The highest BCUT2D eigenvalue weighted by Gasteiger charge is 2.49.